The summed E-state index contributed by atoms with van der Waals surface area (Å²) < 4.78 is 19.6. The van der Waals surface area contributed by atoms with Crippen molar-refractivity contribution in [1.29, 1.82) is 0 Å². The average Bonchev–Trinajstić information content (AvgIpc) is 2.56. The highest BCUT2D eigenvalue weighted by atomic mass is 32.2. The molecule has 25 heavy (non-hydrogen) atoms. The molecule has 7 heteroatoms. The monoisotopic (exact) mass is 357 g/mol. The Labute approximate surface area is 145 Å². The third kappa shape index (κ3) is 3.04. The van der Waals surface area contributed by atoms with Crippen molar-refractivity contribution in [1.82, 2.24) is 4.57 Å². The summed E-state index contributed by atoms with van der Waals surface area (Å²) in [6.45, 7) is 1.85. The Morgan fingerprint density at radius 3 is 2.64 bits per heavy atom. The Morgan fingerprint density at radius 2 is 2.00 bits per heavy atom. The number of pyridine rings is 1. The quantitative estimate of drug-likeness (QED) is 0.576. The van der Waals surface area contributed by atoms with Crippen molar-refractivity contribution in [2.45, 2.75) is 18.4 Å². The minimum absolute atomic E-state index is 0.0123. The Kier molecular flexibility index (Phi) is 4.38. The van der Waals surface area contributed by atoms with Crippen LogP contribution in [-0.4, -0.2) is 9.67 Å². The summed E-state index contributed by atoms with van der Waals surface area (Å²) >= 11 is 0.649. The zero-order valence-electron chi connectivity index (χ0n) is 13.1. The van der Waals surface area contributed by atoms with Gasteiger partial charge in [-0.2, -0.15) is 0 Å². The molecular formula is C18H12FNO4S. The first-order chi connectivity index (χ1) is 11.9. The highest BCUT2D eigenvalue weighted by Gasteiger charge is 2.19. The molecule has 0 fully saturated rings. The summed E-state index contributed by atoms with van der Waals surface area (Å²) in [5, 5.41) is 12.4. The third-order valence-electron chi connectivity index (χ3n) is 3.73. The van der Waals surface area contributed by atoms with Crippen molar-refractivity contribution in [2.75, 3.05) is 0 Å². The minimum Gasteiger partial charge on any atom is -0.505 e. The standard InChI is InChI=1S/C18H12FNO4S/c1-3-25-16-15(21)14-13(24-18(16)23)8-10(2)20(17(14)22)9-11-4-6-12(19)7-5-11/h1,4-8,21H,9H2,2H3. The Morgan fingerprint density at radius 1 is 1.32 bits per heavy atom. The van der Waals surface area contributed by atoms with Gasteiger partial charge in [0.05, 0.1) is 6.54 Å². The highest BCUT2D eigenvalue weighted by Crippen LogP contribution is 2.30. The average molecular weight is 357 g/mol. The van der Waals surface area contributed by atoms with Gasteiger partial charge in [-0.15, -0.1) is 6.42 Å². The van der Waals surface area contributed by atoms with Gasteiger partial charge in [0.15, 0.2) is 5.75 Å². The number of aromatic nitrogens is 1. The summed E-state index contributed by atoms with van der Waals surface area (Å²) in [7, 11) is 0. The summed E-state index contributed by atoms with van der Waals surface area (Å²) in [6, 6.07) is 7.22. The lowest BCUT2D eigenvalue weighted by Crippen LogP contribution is -2.24. The van der Waals surface area contributed by atoms with Crippen molar-refractivity contribution in [3.8, 4) is 17.4 Å². The number of fused-ring (bicyclic) bond motifs is 1. The Balaban J connectivity index is 2.24. The van der Waals surface area contributed by atoms with Gasteiger partial charge in [0.25, 0.3) is 5.56 Å². The molecule has 0 bridgehead atoms. The zero-order chi connectivity index (χ0) is 18.1. The van der Waals surface area contributed by atoms with Crippen LogP contribution in [0.1, 0.15) is 11.3 Å². The summed E-state index contributed by atoms with van der Waals surface area (Å²) in [4.78, 5) is 24.5. The molecule has 1 aromatic carbocycles. The fourth-order valence-electron chi connectivity index (χ4n) is 2.51. The first-order valence-electron chi connectivity index (χ1n) is 7.19. The molecular weight excluding hydrogens is 345 g/mol. The molecule has 0 spiro atoms. The number of terminal acetylenes is 1. The van der Waals surface area contributed by atoms with Gasteiger partial charge in [0, 0.05) is 11.8 Å². The second-order valence-corrected chi connectivity index (χ2v) is 6.18. The van der Waals surface area contributed by atoms with E-state index in [4.69, 9.17) is 10.8 Å². The van der Waals surface area contributed by atoms with Crippen molar-refractivity contribution >= 4 is 22.7 Å². The molecule has 0 saturated heterocycles. The summed E-state index contributed by atoms with van der Waals surface area (Å²) in [5.41, 5.74) is -0.105. The molecule has 3 aromatic rings. The molecule has 0 radical (unpaired) electrons. The predicted octanol–water partition coefficient (Wildman–Crippen LogP) is 2.84. The Bertz CT molecular complexity index is 1120. The summed E-state index contributed by atoms with van der Waals surface area (Å²) in [5.74, 6) is -0.867. The molecule has 0 aliphatic carbocycles. The predicted molar refractivity (Wildman–Crippen MR) is 93.3 cm³/mol. The maximum atomic E-state index is 13.0. The van der Waals surface area contributed by atoms with Gasteiger partial charge in [-0.1, -0.05) is 12.1 Å². The van der Waals surface area contributed by atoms with Crippen LogP contribution in [-0.2, 0) is 6.54 Å². The van der Waals surface area contributed by atoms with Crippen LogP contribution >= 0.6 is 11.8 Å². The molecule has 2 heterocycles. The fourth-order valence-corrected chi connectivity index (χ4v) is 2.95. The van der Waals surface area contributed by atoms with Gasteiger partial charge in [-0.25, -0.2) is 9.18 Å². The largest absolute Gasteiger partial charge is 0.505 e. The van der Waals surface area contributed by atoms with E-state index in [-0.39, 0.29) is 28.2 Å². The van der Waals surface area contributed by atoms with E-state index >= 15 is 0 Å². The fraction of sp³-hybridized carbons (Fsp3) is 0.111. The molecule has 3 rings (SSSR count). The first-order valence-corrected chi connectivity index (χ1v) is 8.01. The minimum atomic E-state index is -0.803. The molecule has 1 N–H and O–H groups in total. The molecule has 0 atom stereocenters. The molecule has 0 aliphatic rings. The van der Waals surface area contributed by atoms with E-state index < -0.39 is 16.9 Å². The molecule has 5 nitrogen and oxygen atoms in total. The lowest BCUT2D eigenvalue weighted by atomic mass is 10.2. The van der Waals surface area contributed by atoms with Crippen LogP contribution in [0.3, 0.4) is 0 Å². The van der Waals surface area contributed by atoms with Crippen LogP contribution in [0.5, 0.6) is 5.75 Å². The molecule has 0 saturated carbocycles. The van der Waals surface area contributed by atoms with Gasteiger partial charge in [0.2, 0.25) is 0 Å². The van der Waals surface area contributed by atoms with Crippen LogP contribution in [0, 0.1) is 24.4 Å². The van der Waals surface area contributed by atoms with Crippen LogP contribution < -0.4 is 11.2 Å². The lowest BCUT2D eigenvalue weighted by molar-refractivity contribution is 0.445. The SMILES string of the molecule is C#CSc1c(O)c2c(=O)n(Cc3ccc(F)cc3)c(C)cc2oc1=O. The zero-order valence-corrected chi connectivity index (χ0v) is 13.9. The second-order valence-electron chi connectivity index (χ2n) is 5.33. The van der Waals surface area contributed by atoms with Crippen molar-refractivity contribution < 1.29 is 13.9 Å². The molecule has 0 amide bonds. The number of nitrogens with zero attached hydrogens (tertiary/aromatic N) is 1. The first kappa shape index (κ1) is 16.9. The van der Waals surface area contributed by atoms with Crippen LogP contribution in [0.15, 0.2) is 49.2 Å². The summed E-state index contributed by atoms with van der Waals surface area (Å²) in [6.07, 6.45) is 5.16. The topological polar surface area (TPSA) is 72.4 Å². The third-order valence-corrected chi connectivity index (χ3v) is 4.41. The number of aromatic hydroxyl groups is 1. The number of hydrogen-bond donors (Lipinski definition) is 1. The van der Waals surface area contributed by atoms with Gasteiger partial charge in [-0.05, 0) is 41.6 Å². The van der Waals surface area contributed by atoms with Crippen LogP contribution in [0.2, 0.25) is 0 Å². The lowest BCUT2D eigenvalue weighted by Gasteiger charge is -2.12. The van der Waals surface area contributed by atoms with Crippen molar-refractivity contribution in [3.05, 3.63) is 68.2 Å². The smallest absolute Gasteiger partial charge is 0.354 e. The van der Waals surface area contributed by atoms with E-state index in [1.807, 2.05) is 0 Å². The normalized spacial score (nSPS) is 10.8. The van der Waals surface area contributed by atoms with E-state index in [9.17, 15) is 19.1 Å². The van der Waals surface area contributed by atoms with Gasteiger partial charge >= 0.3 is 5.63 Å². The molecule has 2 aromatic heterocycles. The second kappa shape index (κ2) is 6.49. The van der Waals surface area contributed by atoms with E-state index in [0.29, 0.717) is 23.0 Å². The Hall–Kier alpha value is -2.98. The van der Waals surface area contributed by atoms with Crippen molar-refractivity contribution in [2.24, 2.45) is 0 Å². The van der Waals surface area contributed by atoms with E-state index in [1.165, 1.54) is 22.8 Å². The van der Waals surface area contributed by atoms with E-state index in [0.717, 1.165) is 0 Å². The number of halogens is 1. The van der Waals surface area contributed by atoms with Gasteiger partial charge < -0.3 is 14.1 Å². The maximum Gasteiger partial charge on any atom is 0.354 e. The number of benzene rings is 1. The van der Waals surface area contributed by atoms with E-state index in [1.54, 1.807) is 19.1 Å². The maximum absolute atomic E-state index is 13.0. The van der Waals surface area contributed by atoms with Gasteiger partial charge in [-0.3, -0.25) is 4.79 Å². The highest BCUT2D eigenvalue weighted by molar-refractivity contribution is 8.04. The van der Waals surface area contributed by atoms with Gasteiger partial charge in [0.1, 0.15) is 21.7 Å². The molecule has 0 unspecified atom stereocenters. The molecule has 126 valence electrons. The number of hydrogen-bond acceptors (Lipinski definition) is 5. The number of thioether (sulfide) groups is 1. The van der Waals surface area contributed by atoms with Crippen molar-refractivity contribution in [3.63, 3.8) is 0 Å². The van der Waals surface area contributed by atoms with E-state index in [2.05, 4.69) is 5.25 Å². The van der Waals surface area contributed by atoms with Crippen LogP contribution in [0.4, 0.5) is 4.39 Å². The number of rotatable bonds is 3. The number of aryl methyl sites for hydroxylation is 1. The molecule has 0 aliphatic heterocycles. The van der Waals surface area contributed by atoms with Crippen LogP contribution in [0.25, 0.3) is 11.0 Å².